The van der Waals surface area contributed by atoms with E-state index in [1.165, 1.54) is 38.5 Å². The lowest BCUT2D eigenvalue weighted by Crippen LogP contribution is -2.02. The van der Waals surface area contributed by atoms with Gasteiger partial charge in [0.15, 0.2) is 0 Å². The molecule has 0 heterocycles. The van der Waals surface area contributed by atoms with E-state index < -0.39 is 0 Å². The molecule has 3 aliphatic carbocycles. The van der Waals surface area contributed by atoms with Crippen molar-refractivity contribution in [2.24, 2.45) is 5.92 Å². The highest BCUT2D eigenvalue weighted by Gasteiger charge is 2.30. The maximum Gasteiger partial charge on any atom is 0.0240 e. The largest absolute Gasteiger partial charge is 0.0729 e. The Morgan fingerprint density at radius 2 is 2.00 bits per heavy atom. The average molecular weight is 212 g/mol. The molecule has 0 saturated heterocycles. The summed E-state index contributed by atoms with van der Waals surface area (Å²) in [5.41, 5.74) is 6.76. The molecule has 0 heteroatoms. The second-order valence-corrected chi connectivity index (χ2v) is 5.07. The molecule has 0 fully saturated rings. The van der Waals surface area contributed by atoms with Gasteiger partial charge in [-0.25, -0.2) is 0 Å². The maximum absolute atomic E-state index is 2.40. The van der Waals surface area contributed by atoms with Crippen molar-refractivity contribution < 1.29 is 0 Å². The van der Waals surface area contributed by atoms with E-state index in [9.17, 15) is 0 Å². The molecular weight excluding hydrogens is 192 g/mol. The molecule has 84 valence electrons. The van der Waals surface area contributed by atoms with Crippen molar-refractivity contribution in [1.82, 2.24) is 0 Å². The van der Waals surface area contributed by atoms with Crippen LogP contribution in [-0.4, -0.2) is 0 Å². The van der Waals surface area contributed by atoms with Gasteiger partial charge in [-0.15, -0.1) is 0 Å². The standard InChI is InChI=1S/C16H20/c1-2-12-13-8-4-3-5-9-15(13)16-11-7-6-10-14(12)16/h6-7,10-11,16H,2-5,8-9H2,1H3. The third-order valence-corrected chi connectivity index (χ3v) is 4.23. The molecule has 0 spiro atoms. The fraction of sp³-hybridized carbons (Fsp3) is 0.500. The lowest BCUT2D eigenvalue weighted by atomic mass is 9.89. The Kier molecular flexibility index (Phi) is 2.59. The highest BCUT2D eigenvalue weighted by atomic mass is 14.3. The number of hydrogen-bond acceptors (Lipinski definition) is 0. The van der Waals surface area contributed by atoms with Gasteiger partial charge in [0.05, 0.1) is 0 Å². The first-order chi connectivity index (χ1) is 7.92. The van der Waals surface area contributed by atoms with Crippen molar-refractivity contribution >= 4 is 0 Å². The molecule has 0 aromatic heterocycles. The fourth-order valence-corrected chi connectivity index (χ4v) is 3.52. The zero-order valence-electron chi connectivity index (χ0n) is 10.1. The molecule has 0 amide bonds. The van der Waals surface area contributed by atoms with Crippen LogP contribution in [0.2, 0.25) is 0 Å². The zero-order valence-corrected chi connectivity index (χ0v) is 10.1. The summed E-state index contributed by atoms with van der Waals surface area (Å²) in [5.74, 6) is 0.646. The van der Waals surface area contributed by atoms with Crippen molar-refractivity contribution in [3.05, 3.63) is 46.6 Å². The van der Waals surface area contributed by atoms with Gasteiger partial charge in [0.1, 0.15) is 0 Å². The minimum Gasteiger partial charge on any atom is -0.0729 e. The van der Waals surface area contributed by atoms with E-state index in [-0.39, 0.29) is 0 Å². The highest BCUT2D eigenvalue weighted by Crippen LogP contribution is 2.46. The molecule has 0 aromatic carbocycles. The molecule has 0 saturated carbocycles. The van der Waals surface area contributed by atoms with E-state index in [4.69, 9.17) is 0 Å². The van der Waals surface area contributed by atoms with Crippen LogP contribution in [0.25, 0.3) is 0 Å². The van der Waals surface area contributed by atoms with E-state index in [0.717, 1.165) is 0 Å². The van der Waals surface area contributed by atoms with Crippen LogP contribution < -0.4 is 0 Å². The molecule has 0 nitrogen and oxygen atoms in total. The van der Waals surface area contributed by atoms with Crippen LogP contribution in [0.1, 0.15) is 45.4 Å². The minimum atomic E-state index is 0.646. The molecule has 0 bridgehead atoms. The molecule has 0 aromatic rings. The van der Waals surface area contributed by atoms with Gasteiger partial charge in [0, 0.05) is 5.92 Å². The number of fused-ring (bicyclic) bond motifs is 2. The van der Waals surface area contributed by atoms with Gasteiger partial charge in [-0.05, 0) is 48.8 Å². The molecule has 0 N–H and O–H groups in total. The van der Waals surface area contributed by atoms with Crippen LogP contribution >= 0.6 is 0 Å². The summed E-state index contributed by atoms with van der Waals surface area (Å²) in [6.45, 7) is 2.31. The smallest absolute Gasteiger partial charge is 0.0240 e. The Morgan fingerprint density at radius 3 is 2.88 bits per heavy atom. The fourth-order valence-electron chi connectivity index (χ4n) is 3.52. The summed E-state index contributed by atoms with van der Waals surface area (Å²) in [6.07, 6.45) is 17.3. The van der Waals surface area contributed by atoms with Crippen LogP contribution in [0.5, 0.6) is 0 Å². The number of hydrogen-bond donors (Lipinski definition) is 0. The van der Waals surface area contributed by atoms with E-state index in [2.05, 4.69) is 31.2 Å². The van der Waals surface area contributed by atoms with Crippen LogP contribution in [0, 0.1) is 5.92 Å². The molecule has 1 unspecified atom stereocenters. The van der Waals surface area contributed by atoms with Gasteiger partial charge in [0.2, 0.25) is 0 Å². The van der Waals surface area contributed by atoms with Gasteiger partial charge in [-0.2, -0.15) is 0 Å². The molecule has 1 atom stereocenters. The first-order valence-corrected chi connectivity index (χ1v) is 6.72. The summed E-state index contributed by atoms with van der Waals surface area (Å²) in [4.78, 5) is 0. The number of rotatable bonds is 1. The third-order valence-electron chi connectivity index (χ3n) is 4.23. The zero-order chi connectivity index (χ0) is 11.0. The Balaban J connectivity index is 2.07. The molecule has 3 aliphatic rings. The van der Waals surface area contributed by atoms with Gasteiger partial charge in [0.25, 0.3) is 0 Å². The normalized spacial score (nSPS) is 28.2. The second-order valence-electron chi connectivity index (χ2n) is 5.07. The average Bonchev–Trinajstić information content (AvgIpc) is 2.49. The van der Waals surface area contributed by atoms with E-state index in [0.29, 0.717) is 5.92 Å². The predicted molar refractivity (Wildman–Crippen MR) is 69.2 cm³/mol. The predicted octanol–water partition coefficient (Wildman–Crippen LogP) is 4.71. The van der Waals surface area contributed by atoms with E-state index >= 15 is 0 Å². The van der Waals surface area contributed by atoms with Crippen LogP contribution in [0.4, 0.5) is 0 Å². The van der Waals surface area contributed by atoms with Gasteiger partial charge in [-0.1, -0.05) is 43.2 Å². The van der Waals surface area contributed by atoms with Crippen molar-refractivity contribution in [2.45, 2.75) is 45.4 Å². The molecule has 16 heavy (non-hydrogen) atoms. The highest BCUT2D eigenvalue weighted by molar-refractivity contribution is 5.57. The lowest BCUT2D eigenvalue weighted by Gasteiger charge is -2.15. The van der Waals surface area contributed by atoms with Crippen LogP contribution in [0.3, 0.4) is 0 Å². The monoisotopic (exact) mass is 212 g/mol. The van der Waals surface area contributed by atoms with Crippen molar-refractivity contribution in [1.29, 1.82) is 0 Å². The molecule has 3 rings (SSSR count). The van der Waals surface area contributed by atoms with Gasteiger partial charge >= 0.3 is 0 Å². The summed E-state index contributed by atoms with van der Waals surface area (Å²) in [7, 11) is 0. The van der Waals surface area contributed by atoms with E-state index in [1.807, 2.05) is 0 Å². The van der Waals surface area contributed by atoms with Gasteiger partial charge < -0.3 is 0 Å². The molecule has 0 radical (unpaired) electrons. The van der Waals surface area contributed by atoms with Crippen LogP contribution in [-0.2, 0) is 0 Å². The molecule has 0 aliphatic heterocycles. The third kappa shape index (κ3) is 1.43. The van der Waals surface area contributed by atoms with Crippen molar-refractivity contribution in [3.63, 3.8) is 0 Å². The summed E-state index contributed by atoms with van der Waals surface area (Å²) in [6, 6.07) is 0. The number of allylic oxidation sites excluding steroid dienone is 8. The summed E-state index contributed by atoms with van der Waals surface area (Å²) in [5, 5.41) is 0. The minimum absolute atomic E-state index is 0.646. The topological polar surface area (TPSA) is 0 Å². The Hall–Kier alpha value is -1.04. The SMILES string of the molecule is CCC1=C2C=CC=CC2C2=C1CCCCC2. The Morgan fingerprint density at radius 1 is 1.12 bits per heavy atom. The Labute approximate surface area is 98.4 Å². The summed E-state index contributed by atoms with van der Waals surface area (Å²) >= 11 is 0. The van der Waals surface area contributed by atoms with Crippen LogP contribution in [0.15, 0.2) is 46.6 Å². The first kappa shape index (κ1) is 10.1. The first-order valence-electron chi connectivity index (χ1n) is 6.72. The van der Waals surface area contributed by atoms with Crippen molar-refractivity contribution in [2.75, 3.05) is 0 Å². The summed E-state index contributed by atoms with van der Waals surface area (Å²) < 4.78 is 0. The quantitative estimate of drug-likeness (QED) is 0.590. The molecular formula is C16H20. The van der Waals surface area contributed by atoms with E-state index in [1.54, 1.807) is 22.3 Å². The maximum atomic E-state index is 2.40. The van der Waals surface area contributed by atoms with Crippen molar-refractivity contribution in [3.8, 4) is 0 Å². The lowest BCUT2D eigenvalue weighted by molar-refractivity contribution is 0.688. The Bertz CT molecular complexity index is 415. The van der Waals surface area contributed by atoms with Gasteiger partial charge in [-0.3, -0.25) is 0 Å². The second kappa shape index (κ2) is 4.08.